The summed E-state index contributed by atoms with van der Waals surface area (Å²) in [5, 5.41) is 6.13. The summed E-state index contributed by atoms with van der Waals surface area (Å²) >= 11 is 0. The average Bonchev–Trinajstić information content (AvgIpc) is 2.59. The molecule has 0 atom stereocenters. The number of aryl methyl sites for hydroxylation is 2. The van der Waals surface area contributed by atoms with Crippen LogP contribution in [0, 0.1) is 19.7 Å². The number of hydrogen-bond donors (Lipinski definition) is 2. The smallest absolute Gasteiger partial charge is 0.191 e. The van der Waals surface area contributed by atoms with Crippen LogP contribution in [0.2, 0.25) is 0 Å². The number of nitrogens with zero attached hydrogens (tertiary/aromatic N) is 1. The molecular weight excluding hydrogens is 492 g/mol. The molecule has 5 nitrogen and oxygen atoms in total. The minimum Gasteiger partial charge on any atom is -0.356 e. The SMILES string of the molecule is CN=C(NCCc1cc(C)cc(C)c1)NCCS(=O)(=O)c1ccccc1F.I. The summed E-state index contributed by atoms with van der Waals surface area (Å²) in [6, 6.07) is 11.8. The van der Waals surface area contributed by atoms with Crippen molar-refractivity contribution in [2.75, 3.05) is 25.9 Å². The maximum Gasteiger partial charge on any atom is 0.191 e. The van der Waals surface area contributed by atoms with E-state index in [1.165, 1.54) is 34.9 Å². The van der Waals surface area contributed by atoms with Crippen molar-refractivity contribution in [3.8, 4) is 0 Å². The molecule has 0 aromatic heterocycles. The van der Waals surface area contributed by atoms with Gasteiger partial charge in [-0.1, -0.05) is 41.5 Å². The quantitative estimate of drug-likeness (QED) is 0.335. The number of nitrogens with one attached hydrogen (secondary N) is 2. The molecular formula is C20H27FIN3O2S. The van der Waals surface area contributed by atoms with Crippen molar-refractivity contribution >= 4 is 39.8 Å². The van der Waals surface area contributed by atoms with Crippen molar-refractivity contribution in [2.24, 2.45) is 4.99 Å². The Kier molecular flexibility index (Phi) is 9.88. The van der Waals surface area contributed by atoms with Crippen molar-refractivity contribution in [3.63, 3.8) is 0 Å². The molecule has 154 valence electrons. The van der Waals surface area contributed by atoms with Crippen LogP contribution >= 0.6 is 24.0 Å². The van der Waals surface area contributed by atoms with Crippen LogP contribution in [0.3, 0.4) is 0 Å². The maximum absolute atomic E-state index is 13.7. The molecule has 2 aromatic carbocycles. The van der Waals surface area contributed by atoms with Crippen LogP contribution in [-0.2, 0) is 16.3 Å². The highest BCUT2D eigenvalue weighted by molar-refractivity contribution is 14.0. The zero-order valence-electron chi connectivity index (χ0n) is 16.3. The first kappa shape index (κ1) is 24.4. The Morgan fingerprint density at radius 1 is 1.04 bits per heavy atom. The van der Waals surface area contributed by atoms with E-state index in [1.54, 1.807) is 7.05 Å². The Labute approximate surface area is 183 Å². The second-order valence-electron chi connectivity index (χ2n) is 6.42. The van der Waals surface area contributed by atoms with Crippen LogP contribution in [0.5, 0.6) is 0 Å². The van der Waals surface area contributed by atoms with Gasteiger partial charge in [0.15, 0.2) is 15.8 Å². The van der Waals surface area contributed by atoms with Gasteiger partial charge in [0.1, 0.15) is 10.7 Å². The third-order valence-electron chi connectivity index (χ3n) is 4.05. The predicted octanol–water partition coefficient (Wildman–Crippen LogP) is 3.24. The third-order valence-corrected chi connectivity index (χ3v) is 5.79. The Hall–Kier alpha value is -1.68. The van der Waals surface area contributed by atoms with Gasteiger partial charge in [-0.05, 0) is 38.0 Å². The highest BCUT2D eigenvalue weighted by Gasteiger charge is 2.18. The van der Waals surface area contributed by atoms with Crippen molar-refractivity contribution < 1.29 is 12.8 Å². The number of sulfone groups is 1. The molecule has 0 bridgehead atoms. The molecule has 2 rings (SSSR count). The highest BCUT2D eigenvalue weighted by Crippen LogP contribution is 2.14. The number of hydrogen-bond acceptors (Lipinski definition) is 3. The van der Waals surface area contributed by atoms with E-state index < -0.39 is 15.7 Å². The second-order valence-corrected chi connectivity index (χ2v) is 8.50. The summed E-state index contributed by atoms with van der Waals surface area (Å²) in [5.74, 6) is -0.428. The molecule has 8 heteroatoms. The minimum absolute atomic E-state index is 0. The van der Waals surface area contributed by atoms with Crippen molar-refractivity contribution in [1.82, 2.24) is 10.6 Å². The average molecular weight is 519 g/mol. The Balaban J connectivity index is 0.00000392. The van der Waals surface area contributed by atoms with Crippen LogP contribution in [0.1, 0.15) is 16.7 Å². The molecule has 0 spiro atoms. The Morgan fingerprint density at radius 2 is 1.64 bits per heavy atom. The lowest BCUT2D eigenvalue weighted by atomic mass is 10.1. The summed E-state index contributed by atoms with van der Waals surface area (Å²) in [6.07, 6.45) is 0.830. The zero-order valence-corrected chi connectivity index (χ0v) is 19.5. The summed E-state index contributed by atoms with van der Waals surface area (Å²) in [4.78, 5) is 3.82. The molecule has 2 aromatic rings. The lowest BCUT2D eigenvalue weighted by Gasteiger charge is -2.13. The molecule has 2 N–H and O–H groups in total. The molecule has 0 aliphatic rings. The van der Waals surface area contributed by atoms with Gasteiger partial charge in [-0.2, -0.15) is 0 Å². The number of rotatable bonds is 7. The first-order valence-corrected chi connectivity index (χ1v) is 10.5. The van der Waals surface area contributed by atoms with Crippen LogP contribution in [0.4, 0.5) is 4.39 Å². The van der Waals surface area contributed by atoms with E-state index >= 15 is 0 Å². The molecule has 0 aliphatic heterocycles. The van der Waals surface area contributed by atoms with Crippen LogP contribution < -0.4 is 10.6 Å². The molecule has 0 radical (unpaired) electrons. The van der Waals surface area contributed by atoms with Gasteiger partial charge >= 0.3 is 0 Å². The van der Waals surface area contributed by atoms with E-state index in [1.807, 2.05) is 0 Å². The minimum atomic E-state index is -3.69. The van der Waals surface area contributed by atoms with E-state index in [4.69, 9.17) is 0 Å². The van der Waals surface area contributed by atoms with Crippen LogP contribution in [-0.4, -0.2) is 40.3 Å². The van der Waals surface area contributed by atoms with E-state index in [9.17, 15) is 12.8 Å². The van der Waals surface area contributed by atoms with Crippen molar-refractivity contribution in [2.45, 2.75) is 25.2 Å². The highest BCUT2D eigenvalue weighted by atomic mass is 127. The van der Waals surface area contributed by atoms with Gasteiger partial charge in [-0.15, -0.1) is 24.0 Å². The second kappa shape index (κ2) is 11.4. The number of halogens is 2. The van der Waals surface area contributed by atoms with Gasteiger partial charge in [-0.3, -0.25) is 4.99 Å². The maximum atomic E-state index is 13.7. The molecule has 0 saturated carbocycles. The number of guanidine groups is 1. The summed E-state index contributed by atoms with van der Waals surface area (Å²) in [5.41, 5.74) is 3.69. The first-order valence-electron chi connectivity index (χ1n) is 8.81. The number of aliphatic imine (C=N–C) groups is 1. The normalized spacial score (nSPS) is 11.6. The Bertz CT molecular complexity index is 897. The largest absolute Gasteiger partial charge is 0.356 e. The van der Waals surface area contributed by atoms with Gasteiger partial charge in [0.05, 0.1) is 5.75 Å². The monoisotopic (exact) mass is 519 g/mol. The fraction of sp³-hybridized carbons (Fsp3) is 0.350. The van der Waals surface area contributed by atoms with E-state index in [-0.39, 0.29) is 41.2 Å². The van der Waals surface area contributed by atoms with Crippen LogP contribution in [0.25, 0.3) is 0 Å². The standard InChI is InChI=1S/C20H26FN3O2S.HI/c1-15-12-16(2)14-17(13-15)8-9-23-20(22-3)24-10-11-27(25,26)19-7-5-4-6-18(19)21;/h4-7,12-14H,8-11H2,1-3H3,(H2,22,23,24);1H. The summed E-state index contributed by atoms with van der Waals surface area (Å²) in [7, 11) is -2.07. The fourth-order valence-electron chi connectivity index (χ4n) is 2.87. The molecule has 0 heterocycles. The topological polar surface area (TPSA) is 70.6 Å². The summed E-state index contributed by atoms with van der Waals surface area (Å²) < 4.78 is 38.2. The fourth-order valence-corrected chi connectivity index (χ4v) is 4.11. The molecule has 0 aliphatic carbocycles. The van der Waals surface area contributed by atoms with Gasteiger partial charge in [-0.25, -0.2) is 12.8 Å². The molecule has 0 amide bonds. The van der Waals surface area contributed by atoms with Gasteiger partial charge in [0.2, 0.25) is 0 Å². The van der Waals surface area contributed by atoms with E-state index in [0.717, 1.165) is 12.5 Å². The summed E-state index contributed by atoms with van der Waals surface area (Å²) in [6.45, 7) is 4.95. The molecule has 28 heavy (non-hydrogen) atoms. The number of benzene rings is 2. The molecule has 0 saturated heterocycles. The van der Waals surface area contributed by atoms with Gasteiger partial charge in [0.25, 0.3) is 0 Å². The van der Waals surface area contributed by atoms with E-state index in [0.29, 0.717) is 12.5 Å². The zero-order chi connectivity index (χ0) is 19.9. The van der Waals surface area contributed by atoms with Crippen molar-refractivity contribution in [3.05, 3.63) is 65.0 Å². The van der Waals surface area contributed by atoms with Gasteiger partial charge < -0.3 is 10.6 Å². The first-order chi connectivity index (χ1) is 12.8. The lowest BCUT2D eigenvalue weighted by Crippen LogP contribution is -2.40. The van der Waals surface area contributed by atoms with Crippen molar-refractivity contribution in [1.29, 1.82) is 0 Å². The molecule has 0 fully saturated rings. The predicted molar refractivity (Wildman–Crippen MR) is 123 cm³/mol. The van der Waals surface area contributed by atoms with E-state index in [2.05, 4.69) is 47.7 Å². The molecule has 0 unspecified atom stereocenters. The third kappa shape index (κ3) is 7.38. The van der Waals surface area contributed by atoms with Crippen LogP contribution in [0.15, 0.2) is 52.4 Å². The Morgan fingerprint density at radius 3 is 2.25 bits per heavy atom. The lowest BCUT2D eigenvalue weighted by molar-refractivity contribution is 0.566. The van der Waals surface area contributed by atoms with Gasteiger partial charge in [0, 0.05) is 20.1 Å².